The lowest BCUT2D eigenvalue weighted by molar-refractivity contribution is 0.0892. The Morgan fingerprint density at radius 2 is 1.88 bits per heavy atom. The van der Waals surface area contributed by atoms with Gasteiger partial charge in [0.1, 0.15) is 0 Å². The first-order chi connectivity index (χ1) is 11.3. The third-order valence-corrected chi connectivity index (χ3v) is 3.92. The predicted molar refractivity (Wildman–Crippen MR) is 92.8 cm³/mol. The van der Waals surface area contributed by atoms with Gasteiger partial charge in [0.15, 0.2) is 0 Å². The Labute approximate surface area is 142 Å². The summed E-state index contributed by atoms with van der Waals surface area (Å²) in [6, 6.07) is 6.62. The summed E-state index contributed by atoms with van der Waals surface area (Å²) in [5.41, 5.74) is 0.807. The summed E-state index contributed by atoms with van der Waals surface area (Å²) < 4.78 is 1.94. The number of hydrogen-bond acceptors (Lipinski definition) is 3. The van der Waals surface area contributed by atoms with Crippen LogP contribution in [0.5, 0.6) is 0 Å². The fraction of sp³-hybridized carbons (Fsp3) is 0.389. The van der Waals surface area contributed by atoms with Gasteiger partial charge in [-0.1, -0.05) is 26.8 Å². The summed E-state index contributed by atoms with van der Waals surface area (Å²) in [5.74, 6) is -0.406. The highest BCUT2D eigenvalue weighted by Gasteiger charge is 2.27. The van der Waals surface area contributed by atoms with Crippen LogP contribution in [0.2, 0.25) is 0 Å². The highest BCUT2D eigenvalue weighted by Crippen LogP contribution is 2.21. The number of imidazole rings is 1. The molecule has 0 saturated heterocycles. The number of nitrogens with one attached hydrogen (secondary N) is 2. The lowest BCUT2D eigenvalue weighted by Crippen LogP contribution is -2.46. The minimum absolute atomic E-state index is 0.0807. The van der Waals surface area contributed by atoms with Gasteiger partial charge in [0, 0.05) is 37.1 Å². The normalized spacial score (nSPS) is 12.5. The first-order valence-electron chi connectivity index (χ1n) is 7.90. The number of benzene rings is 1. The van der Waals surface area contributed by atoms with Crippen LogP contribution >= 0.6 is 0 Å². The molecule has 0 aliphatic carbocycles. The average Bonchev–Trinajstić information content (AvgIpc) is 3.05. The van der Waals surface area contributed by atoms with E-state index in [0.717, 1.165) is 0 Å². The Morgan fingerprint density at radius 3 is 2.42 bits per heavy atom. The molecule has 1 heterocycles. The van der Waals surface area contributed by atoms with Crippen LogP contribution in [0.25, 0.3) is 0 Å². The minimum Gasteiger partial charge on any atom is -0.355 e. The summed E-state index contributed by atoms with van der Waals surface area (Å²) in [6.07, 6.45) is 5.32. The van der Waals surface area contributed by atoms with Gasteiger partial charge >= 0.3 is 0 Å². The van der Waals surface area contributed by atoms with Crippen LogP contribution in [0.4, 0.5) is 0 Å². The predicted octanol–water partition coefficient (Wildman–Crippen LogP) is 2.09. The first kappa shape index (κ1) is 17.7. The lowest BCUT2D eigenvalue weighted by atomic mass is 9.86. The number of amides is 2. The maximum atomic E-state index is 12.6. The van der Waals surface area contributed by atoms with Gasteiger partial charge in [0.2, 0.25) is 0 Å². The Bertz CT molecular complexity index is 702. The van der Waals surface area contributed by atoms with Gasteiger partial charge in [0.25, 0.3) is 11.8 Å². The maximum absolute atomic E-state index is 12.6. The van der Waals surface area contributed by atoms with Gasteiger partial charge in [0.05, 0.1) is 12.4 Å². The smallest absolute Gasteiger partial charge is 0.251 e. The Hall–Kier alpha value is -2.63. The SMILES string of the molecule is CNC(=O)c1cccc(C(=O)N[C@H](Cn2ccnc2)C(C)(C)C)c1. The average molecular weight is 328 g/mol. The molecule has 1 atom stereocenters. The fourth-order valence-corrected chi connectivity index (χ4v) is 2.33. The van der Waals surface area contributed by atoms with Crippen LogP contribution in [0, 0.1) is 5.41 Å². The molecule has 0 unspecified atom stereocenters. The van der Waals surface area contributed by atoms with Crippen LogP contribution in [0.1, 0.15) is 41.5 Å². The van der Waals surface area contributed by atoms with Crippen molar-refractivity contribution in [2.24, 2.45) is 5.41 Å². The molecule has 2 rings (SSSR count). The zero-order valence-electron chi connectivity index (χ0n) is 14.5. The van der Waals surface area contributed by atoms with Crippen molar-refractivity contribution in [3.05, 3.63) is 54.1 Å². The van der Waals surface area contributed by atoms with E-state index in [9.17, 15) is 9.59 Å². The van der Waals surface area contributed by atoms with Crippen molar-refractivity contribution < 1.29 is 9.59 Å². The number of carbonyl (C=O) groups is 2. The molecule has 0 saturated carbocycles. The molecule has 2 N–H and O–H groups in total. The molecule has 0 aliphatic heterocycles. The van der Waals surface area contributed by atoms with Crippen LogP contribution in [-0.2, 0) is 6.54 Å². The molecule has 0 fully saturated rings. The zero-order valence-corrected chi connectivity index (χ0v) is 14.5. The Morgan fingerprint density at radius 1 is 1.21 bits per heavy atom. The van der Waals surface area contributed by atoms with E-state index in [1.54, 1.807) is 43.8 Å². The molecule has 0 bridgehead atoms. The topological polar surface area (TPSA) is 76.0 Å². The second kappa shape index (κ2) is 7.29. The number of carbonyl (C=O) groups excluding carboxylic acids is 2. The molecule has 24 heavy (non-hydrogen) atoms. The molecule has 0 spiro atoms. The van der Waals surface area contributed by atoms with Crippen molar-refractivity contribution in [1.82, 2.24) is 20.2 Å². The first-order valence-corrected chi connectivity index (χ1v) is 7.90. The zero-order chi connectivity index (χ0) is 17.7. The summed E-state index contributed by atoms with van der Waals surface area (Å²) in [6.45, 7) is 6.87. The van der Waals surface area contributed by atoms with Crippen molar-refractivity contribution in [3.8, 4) is 0 Å². The number of rotatable bonds is 5. The van der Waals surface area contributed by atoms with Gasteiger partial charge in [-0.15, -0.1) is 0 Å². The monoisotopic (exact) mass is 328 g/mol. The Kier molecular flexibility index (Phi) is 5.39. The summed E-state index contributed by atoms with van der Waals surface area (Å²) >= 11 is 0. The molecular formula is C18H24N4O2. The standard InChI is InChI=1S/C18H24N4O2/c1-18(2,3)15(11-22-9-8-20-12-22)21-17(24)14-7-5-6-13(10-14)16(23)19-4/h5-10,12,15H,11H2,1-4H3,(H,19,23)(H,21,24)/t15-/m1/s1. The highest BCUT2D eigenvalue weighted by molar-refractivity contribution is 5.99. The third kappa shape index (κ3) is 4.44. The van der Waals surface area contributed by atoms with E-state index in [4.69, 9.17) is 0 Å². The molecule has 6 nitrogen and oxygen atoms in total. The van der Waals surface area contributed by atoms with Gasteiger partial charge in [-0.2, -0.15) is 0 Å². The van der Waals surface area contributed by atoms with Crippen LogP contribution < -0.4 is 10.6 Å². The summed E-state index contributed by atoms with van der Waals surface area (Å²) in [7, 11) is 1.57. The largest absolute Gasteiger partial charge is 0.355 e. The molecule has 0 aliphatic rings. The van der Waals surface area contributed by atoms with Gasteiger partial charge < -0.3 is 15.2 Å². The summed E-state index contributed by atoms with van der Waals surface area (Å²) in [5, 5.41) is 5.64. The lowest BCUT2D eigenvalue weighted by Gasteiger charge is -2.31. The second-order valence-corrected chi connectivity index (χ2v) is 6.81. The minimum atomic E-state index is -0.213. The number of nitrogens with zero attached hydrogens (tertiary/aromatic N) is 2. The number of hydrogen-bond donors (Lipinski definition) is 2. The molecule has 0 radical (unpaired) electrons. The van der Waals surface area contributed by atoms with E-state index in [2.05, 4.69) is 36.4 Å². The van der Waals surface area contributed by atoms with Gasteiger partial charge in [-0.05, 0) is 23.6 Å². The van der Waals surface area contributed by atoms with Crippen LogP contribution in [0.3, 0.4) is 0 Å². The molecule has 2 amide bonds. The third-order valence-electron chi connectivity index (χ3n) is 3.92. The van der Waals surface area contributed by atoms with Crippen molar-refractivity contribution in [2.75, 3.05) is 7.05 Å². The van der Waals surface area contributed by atoms with E-state index >= 15 is 0 Å². The van der Waals surface area contributed by atoms with Gasteiger partial charge in [-0.3, -0.25) is 9.59 Å². The van der Waals surface area contributed by atoms with E-state index in [1.807, 2.05) is 10.8 Å². The van der Waals surface area contributed by atoms with Gasteiger partial charge in [-0.25, -0.2) is 4.98 Å². The molecule has 2 aromatic rings. The van der Waals surface area contributed by atoms with E-state index < -0.39 is 0 Å². The molecule has 1 aromatic carbocycles. The molecule has 6 heteroatoms. The van der Waals surface area contributed by atoms with Crippen molar-refractivity contribution >= 4 is 11.8 Å². The van der Waals surface area contributed by atoms with E-state index in [-0.39, 0.29) is 23.3 Å². The Balaban J connectivity index is 2.17. The molecular weight excluding hydrogens is 304 g/mol. The van der Waals surface area contributed by atoms with Crippen LogP contribution in [-0.4, -0.2) is 34.5 Å². The number of aromatic nitrogens is 2. The summed E-state index contributed by atoms with van der Waals surface area (Å²) in [4.78, 5) is 28.4. The fourth-order valence-electron chi connectivity index (χ4n) is 2.33. The van der Waals surface area contributed by atoms with Crippen molar-refractivity contribution in [2.45, 2.75) is 33.4 Å². The molecule has 128 valence electrons. The quantitative estimate of drug-likeness (QED) is 0.882. The maximum Gasteiger partial charge on any atom is 0.251 e. The highest BCUT2D eigenvalue weighted by atomic mass is 16.2. The second-order valence-electron chi connectivity index (χ2n) is 6.81. The molecule has 1 aromatic heterocycles. The van der Waals surface area contributed by atoms with Crippen molar-refractivity contribution in [1.29, 1.82) is 0 Å². The van der Waals surface area contributed by atoms with Crippen molar-refractivity contribution in [3.63, 3.8) is 0 Å². The van der Waals surface area contributed by atoms with E-state index in [0.29, 0.717) is 17.7 Å². The van der Waals surface area contributed by atoms with E-state index in [1.165, 1.54) is 0 Å². The van der Waals surface area contributed by atoms with Crippen LogP contribution in [0.15, 0.2) is 43.0 Å².